The lowest BCUT2D eigenvalue weighted by molar-refractivity contribution is -0.333. The van der Waals surface area contributed by atoms with Crippen LogP contribution in [-0.4, -0.2) is 139 Å². The molecule has 19 atom stereocenters. The second-order valence-corrected chi connectivity index (χ2v) is 19.2. The zero-order valence-electron chi connectivity index (χ0n) is 33.2. The number of aliphatic hydroxyl groups is 9. The minimum Gasteiger partial charge on any atom is -0.396 e. The van der Waals surface area contributed by atoms with Crippen molar-refractivity contribution in [3.63, 3.8) is 0 Å². The fourth-order valence-electron chi connectivity index (χ4n) is 13.0. The first-order chi connectivity index (χ1) is 25.4. The molecule has 54 heavy (non-hydrogen) atoms. The highest BCUT2D eigenvalue weighted by molar-refractivity contribution is 5.19. The molecule has 2 saturated heterocycles. The number of fused-ring (bicyclic) bond motifs is 5. The topological polar surface area (TPSA) is 219 Å². The van der Waals surface area contributed by atoms with Crippen molar-refractivity contribution in [3.05, 3.63) is 11.6 Å². The van der Waals surface area contributed by atoms with Crippen molar-refractivity contribution >= 4 is 0 Å². The quantitative estimate of drug-likeness (QED) is 0.108. The van der Waals surface area contributed by atoms with E-state index in [-0.39, 0.29) is 52.8 Å². The van der Waals surface area contributed by atoms with E-state index in [1.54, 1.807) is 0 Å². The normalized spacial score (nSPS) is 50.8. The first-order valence-electron chi connectivity index (χ1n) is 20.6. The molecule has 4 aliphatic carbocycles. The number of rotatable bonds is 11. The van der Waals surface area contributed by atoms with Gasteiger partial charge in [0.15, 0.2) is 12.6 Å². The molecular formula is C41H70O13. The van der Waals surface area contributed by atoms with Gasteiger partial charge in [0.25, 0.3) is 0 Å². The fraction of sp³-hybridized carbons (Fsp3) is 0.951. The van der Waals surface area contributed by atoms with Gasteiger partial charge in [0.2, 0.25) is 0 Å². The van der Waals surface area contributed by atoms with E-state index in [0.29, 0.717) is 18.8 Å². The highest BCUT2D eigenvalue weighted by Crippen LogP contribution is 2.75. The van der Waals surface area contributed by atoms with Crippen LogP contribution in [0, 0.1) is 45.3 Å². The van der Waals surface area contributed by atoms with E-state index in [4.69, 9.17) is 18.9 Å². The van der Waals surface area contributed by atoms with E-state index in [1.807, 2.05) is 0 Å². The molecule has 312 valence electrons. The van der Waals surface area contributed by atoms with Gasteiger partial charge >= 0.3 is 0 Å². The Morgan fingerprint density at radius 2 is 1.28 bits per heavy atom. The molecule has 0 aromatic rings. The molecule has 0 spiro atoms. The monoisotopic (exact) mass is 770 g/mol. The van der Waals surface area contributed by atoms with Crippen molar-refractivity contribution in [1.29, 1.82) is 0 Å². The molecule has 9 N–H and O–H groups in total. The van der Waals surface area contributed by atoms with Crippen molar-refractivity contribution in [3.8, 4) is 0 Å². The Morgan fingerprint density at radius 3 is 1.87 bits per heavy atom. The summed E-state index contributed by atoms with van der Waals surface area (Å²) in [7, 11) is 0. The summed E-state index contributed by atoms with van der Waals surface area (Å²) in [5.74, 6) is 0.830. The number of allylic oxidation sites excluding steroid dienone is 2. The number of hydrogen-bond acceptors (Lipinski definition) is 13. The van der Waals surface area contributed by atoms with Crippen molar-refractivity contribution in [2.75, 3.05) is 19.8 Å². The van der Waals surface area contributed by atoms with Gasteiger partial charge in [-0.15, -0.1) is 0 Å². The Bertz CT molecular complexity index is 1310. The summed E-state index contributed by atoms with van der Waals surface area (Å²) in [4.78, 5) is 0. The Labute approximate surface area is 320 Å². The maximum Gasteiger partial charge on any atom is 0.186 e. The first kappa shape index (κ1) is 42.8. The largest absolute Gasteiger partial charge is 0.396 e. The average molecular weight is 771 g/mol. The predicted molar refractivity (Wildman–Crippen MR) is 196 cm³/mol. The van der Waals surface area contributed by atoms with E-state index in [1.165, 1.54) is 5.57 Å². The van der Waals surface area contributed by atoms with Gasteiger partial charge in [-0.2, -0.15) is 0 Å². The van der Waals surface area contributed by atoms with Crippen molar-refractivity contribution < 1.29 is 64.9 Å². The van der Waals surface area contributed by atoms with Crippen LogP contribution >= 0.6 is 0 Å². The summed E-state index contributed by atoms with van der Waals surface area (Å²) in [6, 6.07) is 0. The van der Waals surface area contributed by atoms with E-state index in [2.05, 4.69) is 47.6 Å². The highest BCUT2D eigenvalue weighted by atomic mass is 16.7. The Hall–Kier alpha value is -0.780. The maximum absolute atomic E-state index is 11.5. The second kappa shape index (κ2) is 16.1. The van der Waals surface area contributed by atoms with Crippen LogP contribution in [0.1, 0.15) is 106 Å². The Kier molecular flexibility index (Phi) is 12.8. The summed E-state index contributed by atoms with van der Waals surface area (Å²) < 4.78 is 24.7. The number of aliphatic hydroxyl groups excluding tert-OH is 9. The molecule has 13 heteroatoms. The van der Waals surface area contributed by atoms with Gasteiger partial charge in [-0.1, -0.05) is 39.3 Å². The van der Waals surface area contributed by atoms with Gasteiger partial charge in [-0.05, 0) is 118 Å². The van der Waals surface area contributed by atoms with Gasteiger partial charge in [0.1, 0.15) is 48.8 Å². The number of hydrogen-bond donors (Lipinski definition) is 9. The van der Waals surface area contributed by atoms with Crippen LogP contribution in [0.25, 0.3) is 0 Å². The van der Waals surface area contributed by atoms with E-state index >= 15 is 0 Å². The molecule has 0 amide bonds. The molecule has 6 fully saturated rings. The van der Waals surface area contributed by atoms with Crippen LogP contribution in [0.3, 0.4) is 0 Å². The van der Waals surface area contributed by atoms with E-state index in [9.17, 15) is 46.0 Å². The highest BCUT2D eigenvalue weighted by Gasteiger charge is 2.70. The second-order valence-electron chi connectivity index (χ2n) is 19.2. The molecule has 13 nitrogen and oxygen atoms in total. The molecule has 2 heterocycles. The molecule has 2 aliphatic heterocycles. The summed E-state index contributed by atoms with van der Waals surface area (Å²) in [5.41, 5.74) is 0.279. The third-order valence-electron chi connectivity index (χ3n) is 16.2. The standard InChI is InChI=1S/C41H70O13/c1-21(2)8-7-9-24(51-36-34(49)32(47)30(45)25(18-42)52-36)22-12-15-39(5)23(22)10-11-28-40(39,6)16-13-27-38(3,4)29(14-17-41(27,28)20-44)54-37-35(50)33(48)31(46)26(19-43)53-37/h8,22-37,42-50H,7,9-20H2,1-6H3/t22-,23-,24+,25+,26-,27-,28-,29-,30-,31-,32-,33+,34-,35+,36-,37-,39+,40-,41-/m1/s1. The summed E-state index contributed by atoms with van der Waals surface area (Å²) in [6.07, 6.45) is -3.30. The molecular weight excluding hydrogens is 700 g/mol. The summed E-state index contributed by atoms with van der Waals surface area (Å²) >= 11 is 0. The lowest BCUT2D eigenvalue weighted by Crippen LogP contribution is -2.67. The van der Waals surface area contributed by atoms with Crippen molar-refractivity contribution in [1.82, 2.24) is 0 Å². The van der Waals surface area contributed by atoms with Crippen LogP contribution < -0.4 is 0 Å². The molecule has 4 saturated carbocycles. The Balaban J connectivity index is 1.23. The first-order valence-corrected chi connectivity index (χ1v) is 20.6. The smallest absolute Gasteiger partial charge is 0.186 e. The van der Waals surface area contributed by atoms with E-state index < -0.39 is 80.0 Å². The lowest BCUT2D eigenvalue weighted by atomic mass is 9.35. The lowest BCUT2D eigenvalue weighted by Gasteiger charge is -2.70. The molecule has 0 radical (unpaired) electrons. The minimum atomic E-state index is -1.51. The minimum absolute atomic E-state index is 0.0594. The molecule has 6 rings (SSSR count). The molecule has 0 bridgehead atoms. The molecule has 6 aliphatic rings. The average Bonchev–Trinajstić information content (AvgIpc) is 3.49. The van der Waals surface area contributed by atoms with Crippen LogP contribution in [0.4, 0.5) is 0 Å². The SMILES string of the molecule is CC(C)=CCC[C@H](O[C@@H]1O[C@@H](CO)[C@@H](O)[C@@H](O)[C@H]1O)[C@@H]1CC[C@@]2(C)[C@@H]1CC[C@H]1[C@@]3(CO)CC[C@@H](O[C@H]4O[C@H](CO)[C@@H](O)[C@H](O)[C@@H]4O)C(C)(C)[C@H]3CC[C@]12C. The van der Waals surface area contributed by atoms with Crippen molar-refractivity contribution in [2.24, 2.45) is 45.3 Å². The van der Waals surface area contributed by atoms with Gasteiger partial charge in [0.05, 0.1) is 25.4 Å². The molecule has 0 aromatic heterocycles. The Morgan fingerprint density at radius 1 is 0.685 bits per heavy atom. The van der Waals surface area contributed by atoms with Gasteiger partial charge in [0, 0.05) is 12.0 Å². The van der Waals surface area contributed by atoms with Gasteiger partial charge in [-0.25, -0.2) is 0 Å². The van der Waals surface area contributed by atoms with Gasteiger partial charge in [-0.3, -0.25) is 0 Å². The van der Waals surface area contributed by atoms with Crippen molar-refractivity contribution in [2.45, 2.75) is 179 Å². The van der Waals surface area contributed by atoms with Crippen LogP contribution in [0.15, 0.2) is 11.6 Å². The third kappa shape index (κ3) is 6.96. The van der Waals surface area contributed by atoms with Gasteiger partial charge < -0.3 is 64.9 Å². The van der Waals surface area contributed by atoms with E-state index in [0.717, 1.165) is 51.4 Å². The summed E-state index contributed by atoms with van der Waals surface area (Å²) in [5, 5.41) is 94.6. The summed E-state index contributed by atoms with van der Waals surface area (Å²) in [6.45, 7) is 12.4. The van der Waals surface area contributed by atoms with Crippen LogP contribution in [0.2, 0.25) is 0 Å². The molecule has 0 aromatic carbocycles. The van der Waals surface area contributed by atoms with Crippen LogP contribution in [0.5, 0.6) is 0 Å². The fourth-order valence-corrected chi connectivity index (χ4v) is 13.0. The zero-order valence-corrected chi connectivity index (χ0v) is 33.2. The predicted octanol–water partition coefficient (Wildman–Crippen LogP) is 1.76. The van der Waals surface area contributed by atoms with Crippen LogP contribution in [-0.2, 0) is 18.9 Å². The zero-order chi connectivity index (χ0) is 39.5. The maximum atomic E-state index is 11.5. The third-order valence-corrected chi connectivity index (χ3v) is 16.2. The molecule has 0 unspecified atom stereocenters. The number of ether oxygens (including phenoxy) is 4.